The maximum absolute atomic E-state index is 13.5. The molecule has 32 heavy (non-hydrogen) atoms. The highest BCUT2D eigenvalue weighted by atomic mass is 19.1. The maximum Gasteiger partial charge on any atom is 0.327 e. The van der Waals surface area contributed by atoms with Crippen molar-refractivity contribution < 1.29 is 42.9 Å². The van der Waals surface area contributed by atoms with Crippen molar-refractivity contribution in [3.63, 3.8) is 0 Å². The number of halogens is 1. The quantitative estimate of drug-likeness (QED) is 0.388. The molecule has 3 N–H and O–H groups in total. The second kappa shape index (κ2) is 13.0. The average Bonchev–Trinajstić information content (AvgIpc) is 2.69. The van der Waals surface area contributed by atoms with Crippen molar-refractivity contribution in [2.24, 2.45) is 5.92 Å². The summed E-state index contributed by atoms with van der Waals surface area (Å²) in [5.74, 6) is -7.07. The maximum atomic E-state index is 13.5. The van der Waals surface area contributed by atoms with Crippen molar-refractivity contribution in [1.82, 2.24) is 10.6 Å². The molecule has 0 aliphatic rings. The fourth-order valence-corrected chi connectivity index (χ4v) is 2.93. The van der Waals surface area contributed by atoms with E-state index >= 15 is 0 Å². The number of hydrogen-bond acceptors (Lipinski definition) is 7. The van der Waals surface area contributed by atoms with Gasteiger partial charge in [-0.25, -0.2) is 9.18 Å². The second-order valence-electron chi connectivity index (χ2n) is 6.78. The molecule has 176 valence electrons. The third-order valence-electron chi connectivity index (χ3n) is 4.27. The average molecular weight is 454 g/mol. The summed E-state index contributed by atoms with van der Waals surface area (Å²) in [6.07, 6.45) is -0.782. The Bertz CT molecular complexity index is 845. The van der Waals surface area contributed by atoms with Crippen LogP contribution in [-0.2, 0) is 39.9 Å². The SMILES string of the molecule is CCOC(=O)C[C@H](C(=O)OCC)[C@H](NC(=O)[C@H](Cc1cccc(F)c1)NC(C)=O)C(=O)O. The number of rotatable bonds is 12. The zero-order chi connectivity index (χ0) is 24.3. The molecule has 0 heterocycles. The van der Waals surface area contributed by atoms with E-state index < -0.39 is 60.0 Å². The molecule has 1 aromatic rings. The van der Waals surface area contributed by atoms with Gasteiger partial charge in [0.05, 0.1) is 25.6 Å². The Hall–Kier alpha value is -3.50. The monoisotopic (exact) mass is 454 g/mol. The van der Waals surface area contributed by atoms with Crippen LogP contribution in [0.2, 0.25) is 0 Å². The van der Waals surface area contributed by atoms with Crippen molar-refractivity contribution in [3.8, 4) is 0 Å². The minimum absolute atomic E-state index is 0.0106. The summed E-state index contributed by atoms with van der Waals surface area (Å²) in [4.78, 5) is 60.5. The van der Waals surface area contributed by atoms with E-state index in [2.05, 4.69) is 10.6 Å². The molecule has 0 radical (unpaired) electrons. The molecule has 0 fully saturated rings. The van der Waals surface area contributed by atoms with E-state index in [1.165, 1.54) is 38.1 Å². The third kappa shape index (κ3) is 8.70. The fourth-order valence-electron chi connectivity index (χ4n) is 2.93. The minimum Gasteiger partial charge on any atom is -0.480 e. The van der Waals surface area contributed by atoms with Gasteiger partial charge in [-0.15, -0.1) is 0 Å². The predicted molar refractivity (Wildman–Crippen MR) is 109 cm³/mol. The minimum atomic E-state index is -1.84. The van der Waals surface area contributed by atoms with Crippen molar-refractivity contribution in [3.05, 3.63) is 35.6 Å². The Balaban J connectivity index is 3.14. The highest BCUT2D eigenvalue weighted by Gasteiger charge is 2.39. The standard InChI is InChI=1S/C21H27FN2O8/c1-4-31-17(26)11-15(21(30)32-5-2)18(20(28)29)24-19(27)16(23-12(3)25)10-13-7-6-8-14(22)9-13/h6-9,15-16,18H,4-5,10-11H2,1-3H3,(H,23,25)(H,24,27)(H,28,29)/t15-,16-,18-/m0/s1. The van der Waals surface area contributed by atoms with E-state index in [9.17, 15) is 33.5 Å². The second-order valence-corrected chi connectivity index (χ2v) is 6.78. The molecule has 3 atom stereocenters. The van der Waals surface area contributed by atoms with Gasteiger partial charge >= 0.3 is 17.9 Å². The number of ether oxygens (including phenoxy) is 2. The van der Waals surface area contributed by atoms with Crippen LogP contribution in [0.1, 0.15) is 32.8 Å². The molecule has 0 saturated carbocycles. The van der Waals surface area contributed by atoms with Crippen LogP contribution in [0, 0.1) is 11.7 Å². The molecule has 0 bridgehead atoms. The molecule has 1 aromatic carbocycles. The highest BCUT2D eigenvalue weighted by Crippen LogP contribution is 2.15. The number of benzene rings is 1. The number of carbonyl (C=O) groups is 5. The van der Waals surface area contributed by atoms with Gasteiger partial charge in [0.1, 0.15) is 17.9 Å². The molecular formula is C21H27FN2O8. The Morgan fingerprint density at radius 3 is 2.25 bits per heavy atom. The molecule has 1 rings (SSSR count). The predicted octanol–water partition coefficient (Wildman–Crippen LogP) is 0.575. The molecule has 0 spiro atoms. The number of esters is 2. The summed E-state index contributed by atoms with van der Waals surface area (Å²) in [6, 6.07) is 2.22. The molecule has 0 aliphatic carbocycles. The van der Waals surface area contributed by atoms with Crippen LogP contribution in [0.25, 0.3) is 0 Å². The Morgan fingerprint density at radius 2 is 1.72 bits per heavy atom. The first kappa shape index (κ1) is 26.5. The highest BCUT2D eigenvalue weighted by molar-refractivity contribution is 5.93. The van der Waals surface area contributed by atoms with Gasteiger partial charge in [-0.05, 0) is 31.5 Å². The van der Waals surface area contributed by atoms with Gasteiger partial charge in [0.15, 0.2) is 0 Å². The topological polar surface area (TPSA) is 148 Å². The van der Waals surface area contributed by atoms with Gasteiger partial charge in [-0.1, -0.05) is 12.1 Å². The van der Waals surface area contributed by atoms with Gasteiger partial charge in [0.25, 0.3) is 0 Å². The molecular weight excluding hydrogens is 427 g/mol. The van der Waals surface area contributed by atoms with Crippen LogP contribution in [0.4, 0.5) is 4.39 Å². The summed E-state index contributed by atoms with van der Waals surface area (Å²) in [5, 5.41) is 14.2. The Kier molecular flexibility index (Phi) is 10.8. The van der Waals surface area contributed by atoms with Crippen LogP contribution in [0.15, 0.2) is 24.3 Å². The lowest BCUT2D eigenvalue weighted by Crippen LogP contribution is -2.55. The van der Waals surface area contributed by atoms with Gasteiger partial charge in [0.2, 0.25) is 11.8 Å². The zero-order valence-electron chi connectivity index (χ0n) is 18.1. The van der Waals surface area contributed by atoms with Crippen molar-refractivity contribution in [2.45, 2.75) is 45.7 Å². The summed E-state index contributed by atoms with van der Waals surface area (Å²) < 4.78 is 23.1. The van der Waals surface area contributed by atoms with E-state index in [0.29, 0.717) is 5.56 Å². The van der Waals surface area contributed by atoms with Crippen molar-refractivity contribution in [1.29, 1.82) is 0 Å². The summed E-state index contributed by atoms with van der Waals surface area (Å²) >= 11 is 0. The zero-order valence-corrected chi connectivity index (χ0v) is 18.1. The number of hydrogen-bond donors (Lipinski definition) is 3. The number of carbonyl (C=O) groups excluding carboxylic acids is 4. The number of carboxylic acid groups (broad SMARTS) is 1. The van der Waals surface area contributed by atoms with Crippen molar-refractivity contribution >= 4 is 29.7 Å². The molecule has 11 heteroatoms. The van der Waals surface area contributed by atoms with Crippen molar-refractivity contribution in [2.75, 3.05) is 13.2 Å². The fraction of sp³-hybridized carbons (Fsp3) is 0.476. The number of carboxylic acids is 1. The van der Waals surface area contributed by atoms with E-state index in [1.807, 2.05) is 0 Å². The first-order valence-electron chi connectivity index (χ1n) is 9.95. The normalized spacial score (nSPS) is 13.2. The van der Waals surface area contributed by atoms with Crippen LogP contribution in [0.3, 0.4) is 0 Å². The Morgan fingerprint density at radius 1 is 1.06 bits per heavy atom. The third-order valence-corrected chi connectivity index (χ3v) is 4.27. The molecule has 2 amide bonds. The van der Waals surface area contributed by atoms with E-state index in [0.717, 1.165) is 6.92 Å². The summed E-state index contributed by atoms with van der Waals surface area (Å²) in [6.45, 7) is 4.13. The van der Waals surface area contributed by atoms with E-state index in [-0.39, 0.29) is 19.6 Å². The smallest absolute Gasteiger partial charge is 0.327 e. The summed E-state index contributed by atoms with van der Waals surface area (Å²) in [7, 11) is 0. The van der Waals surface area contributed by atoms with E-state index in [1.54, 1.807) is 0 Å². The lowest BCUT2D eigenvalue weighted by atomic mass is 9.95. The van der Waals surface area contributed by atoms with Crippen LogP contribution in [-0.4, -0.2) is 60.1 Å². The molecule has 0 unspecified atom stereocenters. The summed E-state index contributed by atoms with van der Waals surface area (Å²) in [5.41, 5.74) is 0.374. The van der Waals surface area contributed by atoms with Gasteiger partial charge < -0.3 is 25.2 Å². The molecule has 0 aromatic heterocycles. The largest absolute Gasteiger partial charge is 0.480 e. The first-order chi connectivity index (χ1) is 15.1. The van der Waals surface area contributed by atoms with Crippen LogP contribution < -0.4 is 10.6 Å². The van der Waals surface area contributed by atoms with E-state index in [4.69, 9.17) is 9.47 Å². The number of aliphatic carboxylic acids is 1. The lowest BCUT2D eigenvalue weighted by molar-refractivity contribution is -0.160. The van der Waals surface area contributed by atoms with Gasteiger partial charge in [-0.3, -0.25) is 19.2 Å². The van der Waals surface area contributed by atoms with Gasteiger partial charge in [0, 0.05) is 13.3 Å². The van der Waals surface area contributed by atoms with Crippen LogP contribution in [0.5, 0.6) is 0 Å². The van der Waals surface area contributed by atoms with Crippen LogP contribution >= 0.6 is 0 Å². The number of nitrogens with one attached hydrogen (secondary N) is 2. The molecule has 0 aliphatic heterocycles. The molecule has 0 saturated heterocycles. The Labute approximate surface area is 184 Å². The number of amides is 2. The first-order valence-corrected chi connectivity index (χ1v) is 9.95. The lowest BCUT2D eigenvalue weighted by Gasteiger charge is -2.25. The molecule has 10 nitrogen and oxygen atoms in total. The van der Waals surface area contributed by atoms with Gasteiger partial charge in [-0.2, -0.15) is 0 Å².